The Kier molecular flexibility index (Phi) is 9.63. The number of amides is 2. The van der Waals surface area contributed by atoms with E-state index in [4.69, 9.17) is 0 Å². The van der Waals surface area contributed by atoms with Gasteiger partial charge in [-0.3, -0.25) is 13.9 Å². The number of sulfonamides is 1. The highest BCUT2D eigenvalue weighted by Crippen LogP contribution is 2.25. The summed E-state index contributed by atoms with van der Waals surface area (Å²) < 4.78 is 42.1. The average Bonchev–Trinajstić information content (AvgIpc) is 2.91. The number of benzene rings is 3. The van der Waals surface area contributed by atoms with Gasteiger partial charge in [-0.05, 0) is 69.2 Å². The molecule has 0 bridgehead atoms. The van der Waals surface area contributed by atoms with Gasteiger partial charge in [0, 0.05) is 12.6 Å². The standard InChI is InChI=1S/C29H34FN3O4S/c1-5-22(3)31-29(35)23(4)32(19-24-9-7-6-8-10-24)28(34)20-33(26-15-13-25(30)14-16-26)38(36,37)27-17-11-21(2)12-18-27/h6-18,22-23H,5,19-20H2,1-4H3,(H,31,35)/t22-,23+/m0/s1. The first-order chi connectivity index (χ1) is 18.0. The first kappa shape index (κ1) is 28.8. The van der Waals surface area contributed by atoms with Crippen molar-refractivity contribution in [3.05, 3.63) is 95.8 Å². The maximum absolute atomic E-state index is 13.8. The van der Waals surface area contributed by atoms with Crippen molar-refractivity contribution in [2.24, 2.45) is 0 Å². The summed E-state index contributed by atoms with van der Waals surface area (Å²) in [6.07, 6.45) is 0.720. The zero-order chi connectivity index (χ0) is 27.9. The fraction of sp³-hybridized carbons (Fsp3) is 0.310. The molecular weight excluding hydrogens is 505 g/mol. The van der Waals surface area contributed by atoms with Gasteiger partial charge in [-0.2, -0.15) is 0 Å². The molecule has 7 nitrogen and oxygen atoms in total. The van der Waals surface area contributed by atoms with Crippen LogP contribution in [0.5, 0.6) is 0 Å². The Balaban J connectivity index is 2.00. The third-order valence-corrected chi connectivity index (χ3v) is 8.15. The number of nitrogens with one attached hydrogen (secondary N) is 1. The van der Waals surface area contributed by atoms with Crippen LogP contribution in [0.4, 0.5) is 10.1 Å². The minimum atomic E-state index is -4.19. The molecule has 0 aliphatic carbocycles. The predicted octanol–water partition coefficient (Wildman–Crippen LogP) is 4.66. The van der Waals surface area contributed by atoms with Crippen LogP contribution >= 0.6 is 0 Å². The summed E-state index contributed by atoms with van der Waals surface area (Å²) in [4.78, 5) is 28.2. The van der Waals surface area contributed by atoms with Crippen LogP contribution in [0.25, 0.3) is 0 Å². The molecule has 0 saturated carbocycles. The maximum atomic E-state index is 13.8. The molecule has 2 amide bonds. The molecule has 3 aromatic carbocycles. The zero-order valence-corrected chi connectivity index (χ0v) is 22.9. The van der Waals surface area contributed by atoms with E-state index in [0.717, 1.165) is 34.0 Å². The molecule has 0 unspecified atom stereocenters. The van der Waals surface area contributed by atoms with Gasteiger partial charge in [0.1, 0.15) is 18.4 Å². The van der Waals surface area contributed by atoms with Crippen molar-refractivity contribution in [3.8, 4) is 0 Å². The lowest BCUT2D eigenvalue weighted by Gasteiger charge is -2.32. The second-order valence-corrected chi connectivity index (χ2v) is 11.2. The third-order valence-electron chi connectivity index (χ3n) is 6.37. The summed E-state index contributed by atoms with van der Waals surface area (Å²) in [5.41, 5.74) is 1.80. The second kappa shape index (κ2) is 12.7. The van der Waals surface area contributed by atoms with Crippen LogP contribution in [0.3, 0.4) is 0 Å². The minimum Gasteiger partial charge on any atom is -0.352 e. The predicted molar refractivity (Wildman–Crippen MR) is 146 cm³/mol. The molecule has 3 rings (SSSR count). The average molecular weight is 540 g/mol. The molecule has 0 aliphatic rings. The highest BCUT2D eigenvalue weighted by Gasteiger charge is 2.32. The van der Waals surface area contributed by atoms with Crippen molar-refractivity contribution >= 4 is 27.5 Å². The molecule has 3 aromatic rings. The van der Waals surface area contributed by atoms with Gasteiger partial charge in [-0.1, -0.05) is 55.0 Å². The van der Waals surface area contributed by atoms with Gasteiger partial charge >= 0.3 is 0 Å². The van der Waals surface area contributed by atoms with Gasteiger partial charge in [0.25, 0.3) is 10.0 Å². The molecule has 2 atom stereocenters. The maximum Gasteiger partial charge on any atom is 0.264 e. The summed E-state index contributed by atoms with van der Waals surface area (Å²) in [6, 6.07) is 19.4. The lowest BCUT2D eigenvalue weighted by molar-refractivity contribution is -0.139. The van der Waals surface area contributed by atoms with Crippen molar-refractivity contribution in [2.45, 2.75) is 57.6 Å². The first-order valence-electron chi connectivity index (χ1n) is 12.5. The van der Waals surface area contributed by atoms with E-state index in [1.807, 2.05) is 51.1 Å². The topological polar surface area (TPSA) is 86.8 Å². The van der Waals surface area contributed by atoms with Gasteiger partial charge in [0.2, 0.25) is 11.8 Å². The second-order valence-electron chi connectivity index (χ2n) is 9.30. The van der Waals surface area contributed by atoms with Crippen molar-refractivity contribution < 1.29 is 22.4 Å². The van der Waals surface area contributed by atoms with Crippen LogP contribution in [0, 0.1) is 12.7 Å². The highest BCUT2D eigenvalue weighted by atomic mass is 32.2. The molecule has 0 radical (unpaired) electrons. The first-order valence-corrected chi connectivity index (χ1v) is 14.0. The van der Waals surface area contributed by atoms with E-state index in [1.54, 1.807) is 19.1 Å². The fourth-order valence-electron chi connectivity index (χ4n) is 3.80. The molecule has 1 N–H and O–H groups in total. The molecule has 202 valence electrons. The van der Waals surface area contributed by atoms with E-state index in [1.165, 1.54) is 29.2 Å². The normalized spacial score (nSPS) is 12.9. The number of carbonyl (C=O) groups is 2. The summed E-state index contributed by atoms with van der Waals surface area (Å²) >= 11 is 0. The highest BCUT2D eigenvalue weighted by molar-refractivity contribution is 7.92. The van der Waals surface area contributed by atoms with Gasteiger partial charge in [0.15, 0.2) is 0 Å². The number of halogens is 1. The number of hydrogen-bond donors (Lipinski definition) is 1. The van der Waals surface area contributed by atoms with E-state index in [9.17, 15) is 22.4 Å². The molecule has 0 aromatic heterocycles. The Morgan fingerprint density at radius 2 is 1.53 bits per heavy atom. The minimum absolute atomic E-state index is 0.00241. The van der Waals surface area contributed by atoms with Crippen molar-refractivity contribution in [1.29, 1.82) is 0 Å². The summed E-state index contributed by atoms with van der Waals surface area (Å²) in [5.74, 6) is -1.44. The zero-order valence-electron chi connectivity index (χ0n) is 22.1. The number of hydrogen-bond acceptors (Lipinski definition) is 4. The smallest absolute Gasteiger partial charge is 0.264 e. The summed E-state index contributed by atoms with van der Waals surface area (Å²) in [7, 11) is -4.19. The van der Waals surface area contributed by atoms with Crippen LogP contribution in [-0.4, -0.2) is 43.8 Å². The summed E-state index contributed by atoms with van der Waals surface area (Å²) in [6.45, 7) is 6.81. The molecule has 0 heterocycles. The fourth-order valence-corrected chi connectivity index (χ4v) is 5.22. The van der Waals surface area contributed by atoms with E-state index >= 15 is 0 Å². The number of anilines is 1. The number of rotatable bonds is 11. The van der Waals surface area contributed by atoms with Gasteiger partial charge in [-0.15, -0.1) is 0 Å². The Hall–Kier alpha value is -3.72. The third kappa shape index (κ3) is 7.19. The molecular formula is C29H34FN3O4S. The van der Waals surface area contributed by atoms with Crippen molar-refractivity contribution in [2.75, 3.05) is 10.8 Å². The van der Waals surface area contributed by atoms with Gasteiger partial charge < -0.3 is 10.2 Å². The molecule has 9 heteroatoms. The van der Waals surface area contributed by atoms with Crippen LogP contribution in [0.15, 0.2) is 83.8 Å². The molecule has 38 heavy (non-hydrogen) atoms. The monoisotopic (exact) mass is 539 g/mol. The molecule has 0 saturated heterocycles. The van der Waals surface area contributed by atoms with Crippen LogP contribution in [0.2, 0.25) is 0 Å². The van der Waals surface area contributed by atoms with Crippen LogP contribution in [0.1, 0.15) is 38.3 Å². The Bertz CT molecular complexity index is 1330. The van der Waals surface area contributed by atoms with E-state index in [-0.39, 0.29) is 29.1 Å². The Labute approximate surface area is 224 Å². The quantitative estimate of drug-likeness (QED) is 0.384. The lowest BCUT2D eigenvalue weighted by Crippen LogP contribution is -2.52. The number of aryl methyl sites for hydroxylation is 1. The number of nitrogens with zero attached hydrogens (tertiary/aromatic N) is 2. The van der Waals surface area contributed by atoms with E-state index in [0.29, 0.717) is 0 Å². The molecule has 0 spiro atoms. The van der Waals surface area contributed by atoms with Crippen molar-refractivity contribution in [1.82, 2.24) is 10.2 Å². The Morgan fingerprint density at radius 3 is 2.11 bits per heavy atom. The largest absolute Gasteiger partial charge is 0.352 e. The van der Waals surface area contributed by atoms with E-state index < -0.39 is 34.3 Å². The molecule has 0 aliphatic heterocycles. The van der Waals surface area contributed by atoms with Crippen molar-refractivity contribution in [3.63, 3.8) is 0 Å². The Morgan fingerprint density at radius 1 is 0.921 bits per heavy atom. The summed E-state index contributed by atoms with van der Waals surface area (Å²) in [5, 5.41) is 2.90. The van der Waals surface area contributed by atoms with Crippen LogP contribution < -0.4 is 9.62 Å². The lowest BCUT2D eigenvalue weighted by atomic mass is 10.1. The molecule has 0 fully saturated rings. The van der Waals surface area contributed by atoms with E-state index in [2.05, 4.69) is 5.32 Å². The van der Waals surface area contributed by atoms with Crippen LogP contribution in [-0.2, 0) is 26.2 Å². The van der Waals surface area contributed by atoms with Gasteiger partial charge in [-0.25, -0.2) is 12.8 Å². The van der Waals surface area contributed by atoms with Gasteiger partial charge in [0.05, 0.1) is 10.6 Å². The SMILES string of the molecule is CC[C@H](C)NC(=O)[C@@H](C)N(Cc1ccccc1)C(=O)CN(c1ccc(F)cc1)S(=O)(=O)c1ccc(C)cc1. The number of carbonyl (C=O) groups excluding carboxylic acids is 2.